The molecule has 1 amide bonds. The summed E-state index contributed by atoms with van der Waals surface area (Å²) in [5.74, 6) is 0.614. The van der Waals surface area contributed by atoms with Gasteiger partial charge in [-0.2, -0.15) is 4.31 Å². The van der Waals surface area contributed by atoms with E-state index in [1.807, 2.05) is 57.3 Å². The molecule has 192 valence electrons. The monoisotopic (exact) mass is 526 g/mol. The van der Waals surface area contributed by atoms with E-state index >= 15 is 0 Å². The van der Waals surface area contributed by atoms with Crippen molar-refractivity contribution in [2.45, 2.75) is 45.1 Å². The number of rotatable bonds is 9. The second-order valence-electron chi connectivity index (χ2n) is 9.78. The van der Waals surface area contributed by atoms with E-state index in [0.717, 1.165) is 28.9 Å². The first-order valence-electron chi connectivity index (χ1n) is 12.3. The zero-order chi connectivity index (χ0) is 25.9. The fourth-order valence-electron chi connectivity index (χ4n) is 4.44. The third kappa shape index (κ3) is 5.99. The van der Waals surface area contributed by atoms with E-state index in [1.54, 1.807) is 40.5 Å². The molecule has 1 aliphatic rings. The molecule has 1 aliphatic heterocycles. The second-order valence-corrected chi connectivity index (χ2v) is 12.7. The van der Waals surface area contributed by atoms with Crippen LogP contribution >= 0.6 is 11.3 Å². The van der Waals surface area contributed by atoms with E-state index < -0.39 is 10.0 Å². The summed E-state index contributed by atoms with van der Waals surface area (Å²) in [5.41, 5.74) is 3.22. The quantitative estimate of drug-likeness (QED) is 0.384. The highest BCUT2D eigenvalue weighted by atomic mass is 32.2. The molecule has 2 heterocycles. The Hall–Kier alpha value is -2.68. The van der Waals surface area contributed by atoms with Gasteiger partial charge >= 0.3 is 0 Å². The first kappa shape index (κ1) is 26.4. The summed E-state index contributed by atoms with van der Waals surface area (Å²) in [6, 6.07) is 16.4. The van der Waals surface area contributed by atoms with Crippen molar-refractivity contribution in [2.24, 2.45) is 5.92 Å². The fourth-order valence-corrected chi connectivity index (χ4v) is 6.92. The van der Waals surface area contributed by atoms with Crippen LogP contribution in [0.3, 0.4) is 0 Å². The van der Waals surface area contributed by atoms with Crippen molar-refractivity contribution in [3.63, 3.8) is 0 Å². The van der Waals surface area contributed by atoms with E-state index in [0.29, 0.717) is 13.2 Å². The Bertz CT molecular complexity index is 1280. The Balaban J connectivity index is 1.57. The highest BCUT2D eigenvalue weighted by Gasteiger charge is 2.35. The summed E-state index contributed by atoms with van der Waals surface area (Å²) in [6.07, 6.45) is 0.759. The average molecular weight is 527 g/mol. The van der Waals surface area contributed by atoms with E-state index in [2.05, 4.69) is 6.07 Å². The van der Waals surface area contributed by atoms with Gasteiger partial charge in [-0.25, -0.2) is 8.42 Å². The molecule has 0 unspecified atom stereocenters. The van der Waals surface area contributed by atoms with Crippen LogP contribution in [0.15, 0.2) is 64.9 Å². The van der Waals surface area contributed by atoms with E-state index in [9.17, 15) is 13.2 Å². The lowest BCUT2D eigenvalue weighted by atomic mass is 10.0. The van der Waals surface area contributed by atoms with Crippen molar-refractivity contribution in [2.75, 3.05) is 26.2 Å². The van der Waals surface area contributed by atoms with Crippen LogP contribution in [0.1, 0.15) is 41.5 Å². The van der Waals surface area contributed by atoms with Crippen LogP contribution < -0.4 is 4.74 Å². The molecule has 1 aromatic heterocycles. The number of ether oxygens (including phenoxy) is 1. The maximum Gasteiger partial charge on any atom is 0.243 e. The molecule has 1 atom stereocenters. The first-order valence-corrected chi connectivity index (χ1v) is 14.6. The minimum absolute atomic E-state index is 0.0727. The summed E-state index contributed by atoms with van der Waals surface area (Å²) in [7, 11) is -3.82. The largest absolute Gasteiger partial charge is 0.491 e. The number of sulfonamides is 1. The molecule has 8 heteroatoms. The number of hydrogen-bond acceptors (Lipinski definition) is 5. The van der Waals surface area contributed by atoms with E-state index in [-0.39, 0.29) is 35.9 Å². The molecular weight excluding hydrogens is 492 g/mol. The molecule has 0 saturated carbocycles. The van der Waals surface area contributed by atoms with E-state index in [4.69, 9.17) is 4.74 Å². The van der Waals surface area contributed by atoms with Crippen molar-refractivity contribution < 1.29 is 17.9 Å². The van der Waals surface area contributed by atoms with E-state index in [1.165, 1.54) is 9.18 Å². The van der Waals surface area contributed by atoms with Crippen molar-refractivity contribution in [1.82, 2.24) is 9.21 Å². The van der Waals surface area contributed by atoms with Crippen LogP contribution in [0.4, 0.5) is 0 Å². The van der Waals surface area contributed by atoms with Gasteiger partial charge < -0.3 is 9.64 Å². The van der Waals surface area contributed by atoms with Crippen LogP contribution in [0.25, 0.3) is 0 Å². The molecule has 2 aromatic carbocycles. The standard InChI is InChI=1S/C28H34N2O4S2/c1-20(2)17-29(36(32,33)24-11-7-22(4)8-12-24)18-28(31)30-15-13-27-25(14-16-35-27)26(30)19-34-23-9-5-21(3)6-10-23/h5-12,14,16,20,26H,13,15,17-19H2,1-4H3/t26-/m0/s1. The molecule has 0 aliphatic carbocycles. The van der Waals surface area contributed by atoms with Gasteiger partial charge in [0.1, 0.15) is 12.4 Å². The SMILES string of the molecule is Cc1ccc(OC[C@H]2c3ccsc3CCN2C(=O)CN(CC(C)C)S(=O)(=O)c2ccc(C)cc2)cc1. The van der Waals surface area contributed by atoms with Crippen LogP contribution in [0, 0.1) is 19.8 Å². The lowest BCUT2D eigenvalue weighted by Gasteiger charge is -2.37. The maximum atomic E-state index is 13.7. The predicted octanol–water partition coefficient (Wildman–Crippen LogP) is 5.22. The number of amides is 1. The molecule has 6 nitrogen and oxygen atoms in total. The summed E-state index contributed by atoms with van der Waals surface area (Å²) in [6.45, 7) is 8.77. The molecule has 0 spiro atoms. The Morgan fingerprint density at radius 3 is 2.33 bits per heavy atom. The molecule has 3 aromatic rings. The highest BCUT2D eigenvalue weighted by Crippen LogP contribution is 2.34. The van der Waals surface area contributed by atoms with Gasteiger partial charge in [-0.05, 0) is 67.5 Å². The number of fused-ring (bicyclic) bond motifs is 1. The number of hydrogen-bond donors (Lipinski definition) is 0. The molecule has 0 N–H and O–H groups in total. The van der Waals surface area contributed by atoms with Gasteiger partial charge in [0.15, 0.2) is 0 Å². The van der Waals surface area contributed by atoms with Gasteiger partial charge in [0.2, 0.25) is 15.9 Å². The molecule has 0 fully saturated rings. The Morgan fingerprint density at radius 1 is 1.06 bits per heavy atom. The van der Waals surface area contributed by atoms with Crippen molar-refractivity contribution in [3.8, 4) is 5.75 Å². The van der Waals surface area contributed by atoms with Crippen molar-refractivity contribution in [1.29, 1.82) is 0 Å². The first-order chi connectivity index (χ1) is 17.1. The third-order valence-electron chi connectivity index (χ3n) is 6.38. The number of aryl methyl sites for hydroxylation is 2. The normalized spacial score (nSPS) is 15.8. The summed E-state index contributed by atoms with van der Waals surface area (Å²) < 4.78 is 34.4. The molecule has 4 rings (SSSR count). The highest BCUT2D eigenvalue weighted by molar-refractivity contribution is 7.89. The third-order valence-corrected chi connectivity index (χ3v) is 9.21. The van der Waals surface area contributed by atoms with Crippen LogP contribution in [-0.2, 0) is 21.2 Å². The topological polar surface area (TPSA) is 66.9 Å². The Kier molecular flexibility index (Phi) is 8.17. The van der Waals surface area contributed by atoms with Gasteiger partial charge in [0.05, 0.1) is 17.5 Å². The second kappa shape index (κ2) is 11.2. The smallest absolute Gasteiger partial charge is 0.243 e. The zero-order valence-corrected chi connectivity index (χ0v) is 22.9. The Morgan fingerprint density at radius 2 is 1.69 bits per heavy atom. The molecule has 0 radical (unpaired) electrons. The number of carbonyl (C=O) groups excluding carboxylic acids is 1. The predicted molar refractivity (Wildman–Crippen MR) is 144 cm³/mol. The van der Waals surface area contributed by atoms with Gasteiger partial charge in [-0.1, -0.05) is 49.2 Å². The van der Waals surface area contributed by atoms with Crippen LogP contribution in [-0.4, -0.2) is 49.8 Å². The number of carbonyl (C=O) groups is 1. The molecule has 0 bridgehead atoms. The fraction of sp³-hybridized carbons (Fsp3) is 0.393. The van der Waals surface area contributed by atoms with Crippen molar-refractivity contribution >= 4 is 27.3 Å². The van der Waals surface area contributed by atoms with Gasteiger partial charge in [0.25, 0.3) is 0 Å². The van der Waals surface area contributed by atoms with Gasteiger partial charge in [-0.15, -0.1) is 11.3 Å². The Labute approximate surface area is 218 Å². The lowest BCUT2D eigenvalue weighted by molar-refractivity contribution is -0.135. The number of benzene rings is 2. The molecular formula is C28H34N2O4S2. The summed E-state index contributed by atoms with van der Waals surface area (Å²) in [5, 5.41) is 2.05. The van der Waals surface area contributed by atoms with Gasteiger partial charge in [0, 0.05) is 18.0 Å². The molecule has 36 heavy (non-hydrogen) atoms. The minimum atomic E-state index is -3.82. The average Bonchev–Trinajstić information content (AvgIpc) is 3.32. The number of thiophene rings is 1. The van der Waals surface area contributed by atoms with Crippen LogP contribution in [0.5, 0.6) is 5.75 Å². The minimum Gasteiger partial charge on any atom is -0.491 e. The van der Waals surface area contributed by atoms with Gasteiger partial charge in [-0.3, -0.25) is 4.79 Å². The van der Waals surface area contributed by atoms with Crippen LogP contribution in [0.2, 0.25) is 0 Å². The van der Waals surface area contributed by atoms with Crippen molar-refractivity contribution in [3.05, 3.63) is 81.5 Å². The maximum absolute atomic E-state index is 13.7. The molecule has 0 saturated heterocycles. The summed E-state index contributed by atoms with van der Waals surface area (Å²) in [4.78, 5) is 16.9. The summed E-state index contributed by atoms with van der Waals surface area (Å²) >= 11 is 1.69. The lowest BCUT2D eigenvalue weighted by Crippen LogP contribution is -2.48. The number of nitrogens with zero attached hydrogens (tertiary/aromatic N) is 2. The zero-order valence-electron chi connectivity index (χ0n) is 21.3.